The first-order chi connectivity index (χ1) is 11.0. The van der Waals surface area contributed by atoms with Gasteiger partial charge in [-0.25, -0.2) is 0 Å². The molecule has 2 rings (SSSR count). The van der Waals surface area contributed by atoms with Crippen molar-refractivity contribution in [3.63, 3.8) is 0 Å². The van der Waals surface area contributed by atoms with Crippen molar-refractivity contribution in [3.05, 3.63) is 59.4 Å². The molecule has 0 aliphatic rings. The standard InChI is InChI=1S/C19H26N2O2/c1-15-7-8-19(16(2)12-15)23-14-18(22)13-21(3)11-9-17-6-4-5-10-20-17/h4-8,10,12,18,22H,9,11,13-14H2,1-3H3. The number of rotatable bonds is 8. The van der Waals surface area contributed by atoms with Crippen LogP contribution in [0, 0.1) is 13.8 Å². The van der Waals surface area contributed by atoms with Crippen molar-refractivity contribution in [2.75, 3.05) is 26.7 Å². The minimum atomic E-state index is -0.510. The summed E-state index contributed by atoms with van der Waals surface area (Å²) < 4.78 is 5.73. The van der Waals surface area contributed by atoms with Crippen LogP contribution in [0.25, 0.3) is 0 Å². The molecule has 1 heterocycles. The molecule has 1 unspecified atom stereocenters. The summed E-state index contributed by atoms with van der Waals surface area (Å²) in [6.07, 6.45) is 2.17. The van der Waals surface area contributed by atoms with Gasteiger partial charge in [0.1, 0.15) is 18.5 Å². The summed E-state index contributed by atoms with van der Waals surface area (Å²) in [5.74, 6) is 0.839. The molecule has 0 radical (unpaired) electrons. The highest BCUT2D eigenvalue weighted by molar-refractivity contribution is 5.35. The van der Waals surface area contributed by atoms with Gasteiger partial charge in [-0.3, -0.25) is 4.98 Å². The van der Waals surface area contributed by atoms with E-state index in [1.54, 1.807) is 0 Å². The van der Waals surface area contributed by atoms with Crippen LogP contribution in [0.3, 0.4) is 0 Å². The Bertz CT molecular complexity index is 602. The van der Waals surface area contributed by atoms with Gasteiger partial charge < -0.3 is 14.7 Å². The van der Waals surface area contributed by atoms with Gasteiger partial charge >= 0.3 is 0 Å². The quantitative estimate of drug-likeness (QED) is 0.813. The predicted octanol–water partition coefficient (Wildman–Crippen LogP) is 2.61. The molecule has 4 heteroatoms. The lowest BCUT2D eigenvalue weighted by atomic mass is 10.1. The molecular formula is C19H26N2O2. The van der Waals surface area contributed by atoms with E-state index in [-0.39, 0.29) is 0 Å². The van der Waals surface area contributed by atoms with Crippen molar-refractivity contribution in [3.8, 4) is 5.75 Å². The van der Waals surface area contributed by atoms with Crippen molar-refractivity contribution in [1.29, 1.82) is 0 Å². The van der Waals surface area contributed by atoms with E-state index in [0.29, 0.717) is 13.2 Å². The molecule has 1 N–H and O–H groups in total. The highest BCUT2D eigenvalue weighted by Crippen LogP contribution is 2.18. The molecule has 0 bridgehead atoms. The van der Waals surface area contributed by atoms with E-state index in [9.17, 15) is 5.11 Å². The summed E-state index contributed by atoms with van der Waals surface area (Å²) in [5, 5.41) is 10.1. The molecule has 0 amide bonds. The lowest BCUT2D eigenvalue weighted by Crippen LogP contribution is -2.34. The molecule has 23 heavy (non-hydrogen) atoms. The second kappa shape index (κ2) is 8.65. The number of aliphatic hydroxyl groups is 1. The maximum atomic E-state index is 10.1. The summed E-state index contributed by atoms with van der Waals surface area (Å²) in [4.78, 5) is 6.41. The zero-order chi connectivity index (χ0) is 16.7. The van der Waals surface area contributed by atoms with Gasteiger partial charge in [-0.05, 0) is 44.7 Å². The van der Waals surface area contributed by atoms with Crippen LogP contribution >= 0.6 is 0 Å². The molecule has 1 atom stereocenters. The largest absolute Gasteiger partial charge is 0.491 e. The monoisotopic (exact) mass is 314 g/mol. The minimum Gasteiger partial charge on any atom is -0.491 e. The lowest BCUT2D eigenvalue weighted by molar-refractivity contribution is 0.0763. The number of likely N-dealkylation sites (N-methyl/N-ethyl adjacent to an activating group) is 1. The summed E-state index contributed by atoms with van der Waals surface area (Å²) >= 11 is 0. The highest BCUT2D eigenvalue weighted by Gasteiger charge is 2.10. The molecule has 0 saturated carbocycles. The van der Waals surface area contributed by atoms with Crippen LogP contribution < -0.4 is 4.74 Å². The number of hydrogen-bond donors (Lipinski definition) is 1. The molecule has 124 valence electrons. The topological polar surface area (TPSA) is 45.6 Å². The average molecular weight is 314 g/mol. The van der Waals surface area contributed by atoms with Gasteiger partial charge in [-0.1, -0.05) is 23.8 Å². The Hall–Kier alpha value is -1.91. The van der Waals surface area contributed by atoms with E-state index in [0.717, 1.165) is 30.0 Å². The third-order valence-electron chi connectivity index (χ3n) is 3.76. The second-order valence-corrected chi connectivity index (χ2v) is 6.07. The van der Waals surface area contributed by atoms with Gasteiger partial charge in [0.2, 0.25) is 0 Å². The SMILES string of the molecule is Cc1ccc(OCC(O)CN(C)CCc2ccccn2)c(C)c1. The number of aryl methyl sites for hydroxylation is 2. The lowest BCUT2D eigenvalue weighted by Gasteiger charge is -2.21. The van der Waals surface area contributed by atoms with Crippen LogP contribution in [0.15, 0.2) is 42.6 Å². The molecule has 1 aromatic carbocycles. The van der Waals surface area contributed by atoms with Gasteiger partial charge in [0.05, 0.1) is 0 Å². The molecule has 4 nitrogen and oxygen atoms in total. The van der Waals surface area contributed by atoms with Gasteiger partial charge in [0, 0.05) is 31.4 Å². The maximum absolute atomic E-state index is 10.1. The van der Waals surface area contributed by atoms with Gasteiger partial charge in [0.25, 0.3) is 0 Å². The minimum absolute atomic E-state index is 0.303. The predicted molar refractivity (Wildman–Crippen MR) is 92.9 cm³/mol. The van der Waals surface area contributed by atoms with E-state index >= 15 is 0 Å². The van der Waals surface area contributed by atoms with Crippen LogP contribution in [-0.4, -0.2) is 47.8 Å². The van der Waals surface area contributed by atoms with Crippen LogP contribution in [-0.2, 0) is 6.42 Å². The number of pyridine rings is 1. The molecule has 2 aromatic rings. The van der Waals surface area contributed by atoms with E-state index in [4.69, 9.17) is 4.74 Å². The van der Waals surface area contributed by atoms with Crippen LogP contribution in [0.5, 0.6) is 5.75 Å². The van der Waals surface area contributed by atoms with Gasteiger partial charge in [0.15, 0.2) is 0 Å². The second-order valence-electron chi connectivity index (χ2n) is 6.07. The van der Waals surface area contributed by atoms with Crippen LogP contribution in [0.4, 0.5) is 0 Å². The molecule has 0 aliphatic heterocycles. The Morgan fingerprint density at radius 1 is 1.22 bits per heavy atom. The van der Waals surface area contributed by atoms with Crippen molar-refractivity contribution in [1.82, 2.24) is 9.88 Å². The summed E-state index contributed by atoms with van der Waals surface area (Å²) in [5.41, 5.74) is 3.38. The molecule has 0 saturated heterocycles. The summed E-state index contributed by atoms with van der Waals surface area (Å²) in [6.45, 7) is 5.82. The number of benzene rings is 1. The third kappa shape index (κ3) is 6.00. The van der Waals surface area contributed by atoms with Crippen molar-refractivity contribution >= 4 is 0 Å². The van der Waals surface area contributed by atoms with E-state index < -0.39 is 6.10 Å². The fourth-order valence-corrected chi connectivity index (χ4v) is 2.50. The fourth-order valence-electron chi connectivity index (χ4n) is 2.50. The Labute approximate surface area is 138 Å². The van der Waals surface area contributed by atoms with Crippen molar-refractivity contribution < 1.29 is 9.84 Å². The first-order valence-electron chi connectivity index (χ1n) is 8.01. The Morgan fingerprint density at radius 3 is 2.74 bits per heavy atom. The molecule has 0 fully saturated rings. The Balaban J connectivity index is 1.72. The number of nitrogens with zero attached hydrogens (tertiary/aromatic N) is 2. The smallest absolute Gasteiger partial charge is 0.122 e. The van der Waals surface area contributed by atoms with Crippen LogP contribution in [0.2, 0.25) is 0 Å². The first-order valence-corrected chi connectivity index (χ1v) is 8.01. The zero-order valence-corrected chi connectivity index (χ0v) is 14.2. The average Bonchev–Trinajstić information content (AvgIpc) is 2.53. The molecular weight excluding hydrogens is 288 g/mol. The number of ether oxygens (including phenoxy) is 1. The normalized spacial score (nSPS) is 12.4. The van der Waals surface area contributed by atoms with Crippen molar-refractivity contribution in [2.24, 2.45) is 0 Å². The zero-order valence-electron chi connectivity index (χ0n) is 14.2. The highest BCUT2D eigenvalue weighted by atomic mass is 16.5. The molecule has 1 aromatic heterocycles. The van der Waals surface area contributed by atoms with Gasteiger partial charge in [-0.2, -0.15) is 0 Å². The number of hydrogen-bond acceptors (Lipinski definition) is 4. The Morgan fingerprint density at radius 2 is 2.04 bits per heavy atom. The third-order valence-corrected chi connectivity index (χ3v) is 3.76. The van der Waals surface area contributed by atoms with E-state index in [1.807, 2.05) is 50.5 Å². The molecule has 0 spiro atoms. The summed E-state index contributed by atoms with van der Waals surface area (Å²) in [7, 11) is 2.00. The fraction of sp³-hybridized carbons (Fsp3) is 0.421. The van der Waals surface area contributed by atoms with E-state index in [2.05, 4.69) is 22.9 Å². The Kier molecular flexibility index (Phi) is 6.56. The number of aliphatic hydroxyl groups excluding tert-OH is 1. The van der Waals surface area contributed by atoms with Crippen LogP contribution in [0.1, 0.15) is 16.8 Å². The van der Waals surface area contributed by atoms with Gasteiger partial charge in [-0.15, -0.1) is 0 Å². The van der Waals surface area contributed by atoms with E-state index in [1.165, 1.54) is 5.56 Å². The first kappa shape index (κ1) is 17.4. The summed E-state index contributed by atoms with van der Waals surface area (Å²) in [6, 6.07) is 12.0. The molecule has 0 aliphatic carbocycles. The van der Waals surface area contributed by atoms with Crippen molar-refractivity contribution in [2.45, 2.75) is 26.4 Å². The maximum Gasteiger partial charge on any atom is 0.122 e. The number of aromatic nitrogens is 1.